The zero-order chi connectivity index (χ0) is 14.6. The van der Waals surface area contributed by atoms with E-state index in [4.69, 9.17) is 11.6 Å². The maximum atomic E-state index is 12.9. The van der Waals surface area contributed by atoms with Crippen LogP contribution < -0.4 is 0 Å². The summed E-state index contributed by atoms with van der Waals surface area (Å²) in [6, 6.07) is 3.86. The van der Waals surface area contributed by atoms with E-state index in [9.17, 15) is 17.0 Å². The molecule has 0 heterocycles. The standard InChI is InChI=1S/C12H16ClFO3S2/c1-9(2)19(16,17)7-3-6-18(15)10-4-5-12(14)11(13)8-10/h4-5,8-9H,3,6-7H2,1-2H3/t18-/m0/s1. The third kappa shape index (κ3) is 4.85. The molecule has 0 N–H and O–H groups in total. The molecule has 1 atom stereocenters. The first-order valence-electron chi connectivity index (χ1n) is 5.79. The van der Waals surface area contributed by atoms with Crippen molar-refractivity contribution in [3.63, 3.8) is 0 Å². The summed E-state index contributed by atoms with van der Waals surface area (Å²) in [5.74, 6) is -0.344. The van der Waals surface area contributed by atoms with Gasteiger partial charge in [0.15, 0.2) is 9.84 Å². The van der Waals surface area contributed by atoms with Crippen molar-refractivity contribution < 1.29 is 17.0 Å². The molecule has 1 aromatic rings. The minimum Gasteiger partial charge on any atom is -0.254 e. The predicted octanol–water partition coefficient (Wildman–Crippen LogP) is 2.80. The van der Waals surface area contributed by atoms with Crippen molar-refractivity contribution in [2.75, 3.05) is 11.5 Å². The molecule has 0 aliphatic rings. The lowest BCUT2D eigenvalue weighted by molar-refractivity contribution is 0.586. The van der Waals surface area contributed by atoms with Gasteiger partial charge in [-0.1, -0.05) is 11.6 Å². The van der Waals surface area contributed by atoms with Gasteiger partial charge in [-0.25, -0.2) is 12.8 Å². The predicted molar refractivity (Wildman–Crippen MR) is 76.2 cm³/mol. The third-order valence-corrected chi connectivity index (χ3v) is 6.65. The maximum absolute atomic E-state index is 12.9. The Morgan fingerprint density at radius 2 is 2.00 bits per heavy atom. The van der Waals surface area contributed by atoms with E-state index in [1.807, 2.05) is 0 Å². The number of rotatable bonds is 6. The van der Waals surface area contributed by atoms with E-state index < -0.39 is 31.7 Å². The van der Waals surface area contributed by atoms with Crippen LogP contribution in [0.2, 0.25) is 5.02 Å². The topological polar surface area (TPSA) is 51.2 Å². The van der Waals surface area contributed by atoms with E-state index in [1.165, 1.54) is 12.1 Å². The summed E-state index contributed by atoms with van der Waals surface area (Å²) >= 11 is 5.60. The quantitative estimate of drug-likeness (QED) is 0.807. The largest absolute Gasteiger partial charge is 0.254 e. The van der Waals surface area contributed by atoms with Crippen molar-refractivity contribution in [2.24, 2.45) is 0 Å². The fraction of sp³-hybridized carbons (Fsp3) is 0.500. The van der Waals surface area contributed by atoms with E-state index in [1.54, 1.807) is 13.8 Å². The molecule has 0 fully saturated rings. The molecule has 3 nitrogen and oxygen atoms in total. The second-order valence-electron chi connectivity index (χ2n) is 4.39. The molecule has 0 saturated heterocycles. The van der Waals surface area contributed by atoms with Gasteiger partial charge < -0.3 is 0 Å². The van der Waals surface area contributed by atoms with Gasteiger partial charge in [-0.2, -0.15) is 0 Å². The number of halogens is 2. The fourth-order valence-corrected chi connectivity index (χ4v) is 3.92. The highest BCUT2D eigenvalue weighted by molar-refractivity contribution is 7.92. The van der Waals surface area contributed by atoms with Crippen LogP contribution in [-0.4, -0.2) is 29.4 Å². The number of hydrogen-bond donors (Lipinski definition) is 0. The minimum absolute atomic E-state index is 0.00529. The molecule has 108 valence electrons. The molecule has 0 aliphatic carbocycles. The van der Waals surface area contributed by atoms with Gasteiger partial charge in [0.1, 0.15) is 5.82 Å². The van der Waals surface area contributed by atoms with Gasteiger partial charge in [0.05, 0.1) is 26.8 Å². The van der Waals surface area contributed by atoms with Gasteiger partial charge in [0.2, 0.25) is 0 Å². The number of hydrogen-bond acceptors (Lipinski definition) is 3. The summed E-state index contributed by atoms with van der Waals surface area (Å²) in [7, 11) is -4.48. The average molecular weight is 327 g/mol. The molecule has 0 bridgehead atoms. The Kier molecular flexibility index (Phi) is 5.95. The number of sulfone groups is 1. The summed E-state index contributed by atoms with van der Waals surface area (Å²) in [6.45, 7) is 3.23. The first kappa shape index (κ1) is 16.6. The van der Waals surface area contributed by atoms with E-state index in [-0.39, 0.29) is 16.5 Å². The van der Waals surface area contributed by atoms with Crippen molar-refractivity contribution in [3.8, 4) is 0 Å². The van der Waals surface area contributed by atoms with E-state index in [0.29, 0.717) is 11.3 Å². The molecular formula is C12H16ClFO3S2. The first-order valence-corrected chi connectivity index (χ1v) is 9.20. The van der Waals surface area contributed by atoms with Crippen LogP contribution in [-0.2, 0) is 20.6 Å². The van der Waals surface area contributed by atoms with Crippen LogP contribution in [0.15, 0.2) is 23.1 Å². The molecule has 0 unspecified atom stereocenters. The summed E-state index contributed by atoms with van der Waals surface area (Å²) in [6.07, 6.45) is 0.308. The smallest absolute Gasteiger partial charge is 0.152 e. The summed E-state index contributed by atoms with van der Waals surface area (Å²) in [5, 5.41) is -0.512. The van der Waals surface area contributed by atoms with Crippen LogP contribution in [0.25, 0.3) is 0 Å². The lowest BCUT2D eigenvalue weighted by atomic mass is 10.3. The maximum Gasteiger partial charge on any atom is 0.152 e. The van der Waals surface area contributed by atoms with Gasteiger partial charge in [-0.15, -0.1) is 0 Å². The molecule has 0 radical (unpaired) electrons. The lowest BCUT2D eigenvalue weighted by Gasteiger charge is -2.07. The fourth-order valence-electron chi connectivity index (χ4n) is 1.36. The van der Waals surface area contributed by atoms with Crippen LogP contribution >= 0.6 is 11.6 Å². The molecule has 0 aliphatic heterocycles. The van der Waals surface area contributed by atoms with Crippen molar-refractivity contribution in [3.05, 3.63) is 29.0 Å². The van der Waals surface area contributed by atoms with Crippen LogP contribution in [0.1, 0.15) is 20.3 Å². The summed E-state index contributed by atoms with van der Waals surface area (Å²) < 4.78 is 48.0. The molecular weight excluding hydrogens is 311 g/mol. The molecule has 0 spiro atoms. The summed E-state index contributed by atoms with van der Waals surface area (Å²) in [4.78, 5) is 0.411. The molecule has 0 aromatic heterocycles. The summed E-state index contributed by atoms with van der Waals surface area (Å²) in [5.41, 5.74) is 0. The van der Waals surface area contributed by atoms with Crippen molar-refractivity contribution in [2.45, 2.75) is 30.4 Å². The van der Waals surface area contributed by atoms with Crippen LogP contribution in [0.4, 0.5) is 4.39 Å². The van der Waals surface area contributed by atoms with Crippen molar-refractivity contribution in [1.82, 2.24) is 0 Å². The second-order valence-corrected chi connectivity index (χ2v) is 9.05. The van der Waals surface area contributed by atoms with E-state index in [2.05, 4.69) is 0 Å². The molecule has 0 saturated carbocycles. The van der Waals surface area contributed by atoms with Gasteiger partial charge in [0, 0.05) is 10.6 Å². The molecule has 0 amide bonds. The lowest BCUT2D eigenvalue weighted by Crippen LogP contribution is -2.19. The van der Waals surface area contributed by atoms with Gasteiger partial charge in [-0.3, -0.25) is 4.21 Å². The Labute approximate surface area is 120 Å². The Balaban J connectivity index is 2.59. The highest BCUT2D eigenvalue weighted by atomic mass is 35.5. The first-order chi connectivity index (χ1) is 8.74. The molecule has 1 rings (SSSR count). The molecule has 19 heavy (non-hydrogen) atoms. The van der Waals surface area contributed by atoms with Gasteiger partial charge in [0.25, 0.3) is 0 Å². The monoisotopic (exact) mass is 326 g/mol. The van der Waals surface area contributed by atoms with Crippen molar-refractivity contribution >= 4 is 32.2 Å². The van der Waals surface area contributed by atoms with Gasteiger partial charge >= 0.3 is 0 Å². The second kappa shape index (κ2) is 6.81. The molecule has 1 aromatic carbocycles. The van der Waals surface area contributed by atoms with Gasteiger partial charge in [-0.05, 0) is 38.5 Å². The third-order valence-electron chi connectivity index (χ3n) is 2.63. The number of benzene rings is 1. The zero-order valence-corrected chi connectivity index (χ0v) is 13.1. The van der Waals surface area contributed by atoms with Crippen molar-refractivity contribution in [1.29, 1.82) is 0 Å². The Hall–Kier alpha value is -0.460. The Bertz CT molecular complexity index is 570. The zero-order valence-electron chi connectivity index (χ0n) is 10.7. The van der Waals surface area contributed by atoms with Crippen LogP contribution in [0.5, 0.6) is 0 Å². The highest BCUT2D eigenvalue weighted by Gasteiger charge is 2.16. The van der Waals surface area contributed by atoms with E-state index >= 15 is 0 Å². The van der Waals surface area contributed by atoms with Crippen LogP contribution in [0, 0.1) is 5.82 Å². The highest BCUT2D eigenvalue weighted by Crippen LogP contribution is 2.19. The molecule has 7 heteroatoms. The minimum atomic E-state index is -3.11. The Morgan fingerprint density at radius 3 is 2.53 bits per heavy atom. The Morgan fingerprint density at radius 1 is 1.37 bits per heavy atom. The SMILES string of the molecule is CC(C)S(=O)(=O)CCC[S@](=O)c1ccc(F)c(Cl)c1. The average Bonchev–Trinajstić information content (AvgIpc) is 2.32. The van der Waals surface area contributed by atoms with Crippen LogP contribution in [0.3, 0.4) is 0 Å². The normalized spacial score (nSPS) is 13.7. The van der Waals surface area contributed by atoms with E-state index in [0.717, 1.165) is 6.07 Å².